The Kier molecular flexibility index (Phi) is 12.3. The monoisotopic (exact) mass is 307 g/mol. The van der Waals surface area contributed by atoms with E-state index in [9.17, 15) is 4.79 Å². The van der Waals surface area contributed by atoms with Crippen LogP contribution in [0.15, 0.2) is 0 Å². The Morgan fingerprint density at radius 3 is 2.53 bits per heavy atom. The van der Waals surface area contributed by atoms with Gasteiger partial charge in [0.25, 0.3) is 0 Å². The fourth-order valence-corrected chi connectivity index (χ4v) is 1.84. The zero-order valence-corrected chi connectivity index (χ0v) is 12.8. The van der Waals surface area contributed by atoms with E-state index in [1.54, 1.807) is 4.90 Å². The molecular formula is C13H26BrNO2. The Labute approximate surface area is 114 Å². The van der Waals surface area contributed by atoms with Crippen molar-refractivity contribution in [2.75, 3.05) is 32.1 Å². The van der Waals surface area contributed by atoms with Gasteiger partial charge >= 0.3 is 0 Å². The minimum absolute atomic E-state index is 0.0962. The largest absolute Gasteiger partial charge is 0.372 e. The van der Waals surface area contributed by atoms with Gasteiger partial charge in [0.05, 0.1) is 0 Å². The van der Waals surface area contributed by atoms with Crippen LogP contribution in [0.4, 0.5) is 0 Å². The lowest BCUT2D eigenvalue weighted by Crippen LogP contribution is -2.31. The molecule has 3 nitrogen and oxygen atoms in total. The van der Waals surface area contributed by atoms with Crippen LogP contribution in [0.2, 0.25) is 0 Å². The van der Waals surface area contributed by atoms with Crippen molar-refractivity contribution in [3.05, 3.63) is 0 Å². The van der Waals surface area contributed by atoms with Gasteiger partial charge in [0.1, 0.15) is 6.61 Å². The summed E-state index contributed by atoms with van der Waals surface area (Å²) in [6.07, 6.45) is 6.88. The van der Waals surface area contributed by atoms with Crippen LogP contribution in [0.25, 0.3) is 0 Å². The second-order valence-electron chi connectivity index (χ2n) is 4.32. The third-order valence-corrected chi connectivity index (χ3v) is 3.23. The zero-order chi connectivity index (χ0) is 12.9. The summed E-state index contributed by atoms with van der Waals surface area (Å²) in [7, 11) is 1.84. The SMILES string of the molecule is CCCCN(C)C(=O)COCCCCCCBr. The fraction of sp³-hybridized carbons (Fsp3) is 0.923. The molecule has 4 heteroatoms. The van der Waals surface area contributed by atoms with E-state index in [0.29, 0.717) is 6.61 Å². The maximum Gasteiger partial charge on any atom is 0.248 e. The van der Waals surface area contributed by atoms with Crippen molar-refractivity contribution < 1.29 is 9.53 Å². The molecule has 0 rings (SSSR count). The van der Waals surface area contributed by atoms with Crippen LogP contribution in [0, 0.1) is 0 Å². The Morgan fingerprint density at radius 1 is 1.18 bits per heavy atom. The molecule has 0 radical (unpaired) electrons. The molecule has 0 aromatic rings. The molecule has 0 heterocycles. The highest BCUT2D eigenvalue weighted by atomic mass is 79.9. The standard InChI is InChI=1S/C13H26BrNO2/c1-3-4-10-15(2)13(16)12-17-11-8-6-5-7-9-14/h3-12H2,1-2H3. The summed E-state index contributed by atoms with van der Waals surface area (Å²) >= 11 is 3.41. The van der Waals surface area contributed by atoms with Crippen molar-refractivity contribution in [2.24, 2.45) is 0 Å². The highest BCUT2D eigenvalue weighted by Crippen LogP contribution is 2.02. The Hall–Kier alpha value is -0.0900. The molecule has 0 fully saturated rings. The molecule has 0 aliphatic heterocycles. The van der Waals surface area contributed by atoms with Gasteiger partial charge in [-0.2, -0.15) is 0 Å². The van der Waals surface area contributed by atoms with Crippen molar-refractivity contribution in [3.8, 4) is 0 Å². The van der Waals surface area contributed by atoms with E-state index < -0.39 is 0 Å². The van der Waals surface area contributed by atoms with Crippen molar-refractivity contribution in [2.45, 2.75) is 45.4 Å². The number of hydrogen-bond acceptors (Lipinski definition) is 2. The van der Waals surface area contributed by atoms with Crippen LogP contribution >= 0.6 is 15.9 Å². The maximum atomic E-state index is 11.6. The van der Waals surface area contributed by atoms with Gasteiger partial charge in [0, 0.05) is 25.5 Å². The lowest BCUT2D eigenvalue weighted by Gasteiger charge is -2.16. The summed E-state index contributed by atoms with van der Waals surface area (Å²) in [6.45, 7) is 3.90. The first kappa shape index (κ1) is 16.9. The Bertz CT molecular complexity index is 188. The Morgan fingerprint density at radius 2 is 1.88 bits per heavy atom. The van der Waals surface area contributed by atoms with Crippen LogP contribution in [-0.2, 0) is 9.53 Å². The summed E-state index contributed by atoms with van der Waals surface area (Å²) < 4.78 is 5.37. The lowest BCUT2D eigenvalue weighted by atomic mass is 10.2. The Balaban J connectivity index is 3.32. The first-order chi connectivity index (χ1) is 8.22. The van der Waals surface area contributed by atoms with E-state index in [1.807, 2.05) is 7.05 Å². The summed E-state index contributed by atoms with van der Waals surface area (Å²) in [5.74, 6) is 0.0962. The van der Waals surface area contributed by atoms with Gasteiger partial charge in [-0.3, -0.25) is 4.79 Å². The first-order valence-corrected chi connectivity index (χ1v) is 7.72. The van der Waals surface area contributed by atoms with Crippen LogP contribution in [0.1, 0.15) is 45.4 Å². The number of alkyl halides is 1. The predicted octanol–water partition coefficient (Wildman–Crippen LogP) is 3.22. The molecule has 0 spiro atoms. The smallest absolute Gasteiger partial charge is 0.248 e. The quantitative estimate of drug-likeness (QED) is 0.433. The third kappa shape index (κ3) is 10.8. The molecule has 0 aromatic heterocycles. The molecule has 102 valence electrons. The number of likely N-dealkylation sites (N-methyl/N-ethyl adjacent to an activating group) is 1. The number of unbranched alkanes of at least 4 members (excludes halogenated alkanes) is 4. The molecule has 0 aromatic carbocycles. The van der Waals surface area contributed by atoms with Gasteiger partial charge in [0.2, 0.25) is 5.91 Å². The van der Waals surface area contributed by atoms with E-state index in [-0.39, 0.29) is 12.5 Å². The first-order valence-electron chi connectivity index (χ1n) is 6.60. The number of rotatable bonds is 11. The number of hydrogen-bond donors (Lipinski definition) is 0. The van der Waals surface area contributed by atoms with Gasteiger partial charge in [-0.05, 0) is 19.3 Å². The van der Waals surface area contributed by atoms with Gasteiger partial charge in [-0.25, -0.2) is 0 Å². The summed E-state index contributed by atoms with van der Waals surface area (Å²) in [5, 5.41) is 1.08. The van der Waals surface area contributed by atoms with E-state index >= 15 is 0 Å². The van der Waals surface area contributed by atoms with Crippen molar-refractivity contribution >= 4 is 21.8 Å². The molecule has 0 atom stereocenters. The van der Waals surface area contributed by atoms with Crippen molar-refractivity contribution in [1.82, 2.24) is 4.90 Å². The predicted molar refractivity (Wildman–Crippen MR) is 75.6 cm³/mol. The molecule has 0 aliphatic rings. The van der Waals surface area contributed by atoms with Crippen molar-refractivity contribution in [3.63, 3.8) is 0 Å². The number of nitrogens with zero attached hydrogens (tertiary/aromatic N) is 1. The average Bonchev–Trinajstić information content (AvgIpc) is 2.34. The second-order valence-corrected chi connectivity index (χ2v) is 5.12. The zero-order valence-electron chi connectivity index (χ0n) is 11.2. The van der Waals surface area contributed by atoms with Crippen LogP contribution < -0.4 is 0 Å². The van der Waals surface area contributed by atoms with E-state index in [2.05, 4.69) is 22.9 Å². The minimum Gasteiger partial charge on any atom is -0.372 e. The number of ether oxygens (including phenoxy) is 1. The topological polar surface area (TPSA) is 29.5 Å². The molecule has 0 N–H and O–H groups in total. The van der Waals surface area contributed by atoms with Gasteiger partial charge in [0.15, 0.2) is 0 Å². The van der Waals surface area contributed by atoms with E-state index in [0.717, 1.165) is 31.1 Å². The number of carbonyl (C=O) groups is 1. The second kappa shape index (κ2) is 12.4. The normalized spacial score (nSPS) is 10.5. The molecule has 0 bridgehead atoms. The number of carbonyl (C=O) groups excluding carboxylic acids is 1. The highest BCUT2D eigenvalue weighted by molar-refractivity contribution is 9.09. The minimum atomic E-state index is 0.0962. The molecular weight excluding hydrogens is 282 g/mol. The van der Waals surface area contributed by atoms with Gasteiger partial charge < -0.3 is 9.64 Å². The van der Waals surface area contributed by atoms with E-state index in [1.165, 1.54) is 19.3 Å². The highest BCUT2D eigenvalue weighted by Gasteiger charge is 2.07. The number of amides is 1. The fourth-order valence-electron chi connectivity index (χ4n) is 1.44. The van der Waals surface area contributed by atoms with E-state index in [4.69, 9.17) is 4.74 Å². The van der Waals surface area contributed by atoms with Gasteiger partial charge in [-0.15, -0.1) is 0 Å². The summed E-state index contributed by atoms with van der Waals surface area (Å²) in [4.78, 5) is 13.3. The van der Waals surface area contributed by atoms with Crippen LogP contribution in [0.3, 0.4) is 0 Å². The summed E-state index contributed by atoms with van der Waals surface area (Å²) in [6, 6.07) is 0. The van der Waals surface area contributed by atoms with Crippen LogP contribution in [0.5, 0.6) is 0 Å². The van der Waals surface area contributed by atoms with Gasteiger partial charge in [-0.1, -0.05) is 42.1 Å². The summed E-state index contributed by atoms with van der Waals surface area (Å²) in [5.41, 5.74) is 0. The third-order valence-electron chi connectivity index (χ3n) is 2.67. The number of halogens is 1. The van der Waals surface area contributed by atoms with Crippen LogP contribution in [-0.4, -0.2) is 42.9 Å². The van der Waals surface area contributed by atoms with Crippen molar-refractivity contribution in [1.29, 1.82) is 0 Å². The molecule has 1 amide bonds. The molecule has 17 heavy (non-hydrogen) atoms. The molecule has 0 saturated heterocycles. The average molecular weight is 308 g/mol. The molecule has 0 saturated carbocycles. The lowest BCUT2D eigenvalue weighted by molar-refractivity contribution is -0.134. The maximum absolute atomic E-state index is 11.6. The molecule has 0 aliphatic carbocycles. The molecule has 0 unspecified atom stereocenters.